The number of carbonyl (C=O) groups excluding carboxylic acids is 1. The van der Waals surface area contributed by atoms with Crippen molar-refractivity contribution in [1.82, 2.24) is 10.5 Å². The van der Waals surface area contributed by atoms with Crippen molar-refractivity contribution in [2.45, 2.75) is 25.3 Å². The molecule has 0 radical (unpaired) electrons. The minimum absolute atomic E-state index is 0. The number of benzene rings is 1. The van der Waals surface area contributed by atoms with Gasteiger partial charge in [-0.05, 0) is 25.8 Å². The highest BCUT2D eigenvalue weighted by atomic mass is 35.5. The number of aromatic nitrogens is 1. The topological polar surface area (TPSA) is 118 Å². The second kappa shape index (κ2) is 9.69. The van der Waals surface area contributed by atoms with Gasteiger partial charge in [0.05, 0.1) is 0 Å². The lowest BCUT2D eigenvalue weighted by Gasteiger charge is -2.12. The molecule has 0 bridgehead atoms. The summed E-state index contributed by atoms with van der Waals surface area (Å²) in [7, 11) is 0. The molecule has 0 unspecified atom stereocenters. The first kappa shape index (κ1) is 19.7. The fourth-order valence-electron chi connectivity index (χ4n) is 2.10. The Balaban J connectivity index is 0.00000288. The molecule has 7 nitrogen and oxygen atoms in total. The molecule has 0 aliphatic rings. The number of hydrogen-bond acceptors (Lipinski definition) is 5. The number of carbonyl (C=O) groups is 2. The third-order valence-corrected chi connectivity index (χ3v) is 3.35. The van der Waals surface area contributed by atoms with E-state index >= 15 is 0 Å². The molecule has 0 aliphatic heterocycles. The molecular weight excluding hydrogens is 334 g/mol. The standard InChI is InChI=1S/C16H19N3O4.ClH/c17-9-5-4-8-12(16(21)22)18-15(20)13-10-14(23-19-13)11-6-2-1-3-7-11;/h1-3,6-7,10,12H,4-5,8-9,17H2,(H,18,20)(H,21,22);1H/t12-;/m0./s1. The molecule has 2 aromatic rings. The van der Waals surface area contributed by atoms with Crippen molar-refractivity contribution in [3.05, 3.63) is 42.1 Å². The number of unbranched alkanes of at least 4 members (excludes halogenated alkanes) is 1. The average molecular weight is 354 g/mol. The quantitative estimate of drug-likeness (QED) is 0.625. The molecule has 1 aromatic heterocycles. The fraction of sp³-hybridized carbons (Fsp3) is 0.312. The van der Waals surface area contributed by atoms with Gasteiger partial charge in [0.1, 0.15) is 6.04 Å². The maximum atomic E-state index is 12.1. The average Bonchev–Trinajstić information content (AvgIpc) is 3.05. The number of halogens is 1. The van der Waals surface area contributed by atoms with Gasteiger partial charge in [-0.25, -0.2) is 4.79 Å². The molecule has 130 valence electrons. The largest absolute Gasteiger partial charge is 0.480 e. The van der Waals surface area contributed by atoms with Crippen LogP contribution >= 0.6 is 12.4 Å². The van der Waals surface area contributed by atoms with Crippen molar-refractivity contribution < 1.29 is 19.2 Å². The van der Waals surface area contributed by atoms with Gasteiger partial charge >= 0.3 is 5.97 Å². The predicted molar refractivity (Wildman–Crippen MR) is 91.0 cm³/mol. The van der Waals surface area contributed by atoms with Crippen LogP contribution in [0.2, 0.25) is 0 Å². The lowest BCUT2D eigenvalue weighted by molar-refractivity contribution is -0.139. The van der Waals surface area contributed by atoms with Gasteiger partial charge in [0.25, 0.3) is 5.91 Å². The molecule has 1 atom stereocenters. The summed E-state index contributed by atoms with van der Waals surface area (Å²) in [6.07, 6.45) is 1.66. The van der Waals surface area contributed by atoms with Crippen molar-refractivity contribution in [3.8, 4) is 11.3 Å². The number of aliphatic carboxylic acids is 1. The third kappa shape index (κ3) is 5.36. The van der Waals surface area contributed by atoms with Crippen LogP contribution in [0, 0.1) is 0 Å². The van der Waals surface area contributed by atoms with Gasteiger partial charge in [-0.2, -0.15) is 0 Å². The normalized spacial score (nSPS) is 11.4. The number of hydrogen-bond donors (Lipinski definition) is 3. The Hall–Kier alpha value is -2.38. The summed E-state index contributed by atoms with van der Waals surface area (Å²) in [5.41, 5.74) is 6.22. The van der Waals surface area contributed by atoms with Crippen molar-refractivity contribution in [1.29, 1.82) is 0 Å². The van der Waals surface area contributed by atoms with E-state index in [1.165, 1.54) is 6.07 Å². The zero-order valence-corrected chi connectivity index (χ0v) is 13.8. The summed E-state index contributed by atoms with van der Waals surface area (Å²) in [6.45, 7) is 0.490. The van der Waals surface area contributed by atoms with Crippen LogP contribution in [0.4, 0.5) is 0 Å². The fourth-order valence-corrected chi connectivity index (χ4v) is 2.10. The van der Waals surface area contributed by atoms with Crippen LogP contribution in [0.3, 0.4) is 0 Å². The van der Waals surface area contributed by atoms with Crippen LogP contribution < -0.4 is 11.1 Å². The van der Waals surface area contributed by atoms with E-state index in [0.717, 1.165) is 5.56 Å². The van der Waals surface area contributed by atoms with Gasteiger partial charge < -0.3 is 20.7 Å². The lowest BCUT2D eigenvalue weighted by Crippen LogP contribution is -2.40. The molecule has 4 N–H and O–H groups in total. The smallest absolute Gasteiger partial charge is 0.326 e. The maximum absolute atomic E-state index is 12.1. The Kier molecular flexibility index (Phi) is 7.94. The molecule has 24 heavy (non-hydrogen) atoms. The van der Waals surface area contributed by atoms with E-state index in [-0.39, 0.29) is 18.1 Å². The third-order valence-electron chi connectivity index (χ3n) is 3.35. The summed E-state index contributed by atoms with van der Waals surface area (Å²) in [4.78, 5) is 23.3. The van der Waals surface area contributed by atoms with Crippen LogP contribution in [-0.2, 0) is 4.79 Å². The Morgan fingerprint density at radius 2 is 1.96 bits per heavy atom. The predicted octanol–water partition coefficient (Wildman–Crippen LogP) is 2.08. The number of nitrogens with one attached hydrogen (secondary N) is 1. The van der Waals surface area contributed by atoms with Gasteiger partial charge in [-0.3, -0.25) is 4.79 Å². The highest BCUT2D eigenvalue weighted by Gasteiger charge is 2.22. The zero-order valence-electron chi connectivity index (χ0n) is 13.0. The highest BCUT2D eigenvalue weighted by molar-refractivity contribution is 5.95. The van der Waals surface area contributed by atoms with Crippen LogP contribution in [0.15, 0.2) is 40.9 Å². The van der Waals surface area contributed by atoms with Crippen LogP contribution in [0.1, 0.15) is 29.8 Å². The van der Waals surface area contributed by atoms with Crippen molar-refractivity contribution in [2.75, 3.05) is 6.54 Å². The Labute approximate surface area is 145 Å². The molecule has 0 spiro atoms. The SMILES string of the molecule is Cl.NCCCC[C@H](NC(=O)c1cc(-c2ccccc2)on1)C(=O)O. The number of rotatable bonds is 8. The second-order valence-corrected chi connectivity index (χ2v) is 5.09. The van der Waals surface area contributed by atoms with Crippen molar-refractivity contribution in [2.24, 2.45) is 5.73 Å². The first-order chi connectivity index (χ1) is 11.1. The van der Waals surface area contributed by atoms with Crippen LogP contribution in [-0.4, -0.2) is 34.7 Å². The van der Waals surface area contributed by atoms with E-state index in [4.69, 9.17) is 15.4 Å². The molecule has 1 amide bonds. The zero-order chi connectivity index (χ0) is 16.7. The Bertz CT molecular complexity index is 660. The summed E-state index contributed by atoms with van der Waals surface area (Å²) in [5, 5.41) is 15.3. The summed E-state index contributed by atoms with van der Waals surface area (Å²) in [5.74, 6) is -1.20. The molecule has 1 aromatic carbocycles. The van der Waals surface area contributed by atoms with E-state index < -0.39 is 17.9 Å². The van der Waals surface area contributed by atoms with E-state index in [9.17, 15) is 9.59 Å². The van der Waals surface area contributed by atoms with Gasteiger partial charge in [-0.1, -0.05) is 35.5 Å². The molecule has 0 fully saturated rings. The molecule has 1 heterocycles. The molecule has 2 rings (SSSR count). The van der Waals surface area contributed by atoms with Gasteiger partial charge in [-0.15, -0.1) is 12.4 Å². The van der Waals surface area contributed by atoms with E-state index in [0.29, 0.717) is 31.6 Å². The molecule has 0 saturated heterocycles. The minimum atomic E-state index is -1.08. The van der Waals surface area contributed by atoms with Crippen molar-refractivity contribution >= 4 is 24.3 Å². The summed E-state index contributed by atoms with van der Waals surface area (Å²) in [6, 6.07) is 9.73. The molecule has 0 aliphatic carbocycles. The summed E-state index contributed by atoms with van der Waals surface area (Å²) < 4.78 is 5.14. The number of amides is 1. The van der Waals surface area contributed by atoms with Crippen molar-refractivity contribution in [3.63, 3.8) is 0 Å². The van der Waals surface area contributed by atoms with Crippen LogP contribution in [0.25, 0.3) is 11.3 Å². The minimum Gasteiger partial charge on any atom is -0.480 e. The highest BCUT2D eigenvalue weighted by Crippen LogP contribution is 2.19. The Morgan fingerprint density at radius 1 is 1.25 bits per heavy atom. The van der Waals surface area contributed by atoms with Gasteiger partial charge in [0, 0.05) is 11.6 Å². The first-order valence-electron chi connectivity index (χ1n) is 7.37. The van der Waals surface area contributed by atoms with E-state index in [1.54, 1.807) is 0 Å². The monoisotopic (exact) mass is 353 g/mol. The number of carboxylic acids is 1. The number of carboxylic acid groups (broad SMARTS) is 1. The molecule has 8 heteroatoms. The number of nitrogens with zero attached hydrogens (tertiary/aromatic N) is 1. The lowest BCUT2D eigenvalue weighted by atomic mass is 10.1. The van der Waals surface area contributed by atoms with E-state index in [1.807, 2.05) is 30.3 Å². The Morgan fingerprint density at radius 3 is 2.58 bits per heavy atom. The molecular formula is C16H20ClN3O4. The van der Waals surface area contributed by atoms with Gasteiger partial charge in [0.2, 0.25) is 0 Å². The first-order valence-corrected chi connectivity index (χ1v) is 7.37. The number of nitrogens with two attached hydrogens (primary N) is 1. The van der Waals surface area contributed by atoms with Crippen LogP contribution in [0.5, 0.6) is 0 Å². The van der Waals surface area contributed by atoms with Gasteiger partial charge in [0.15, 0.2) is 11.5 Å². The summed E-state index contributed by atoms with van der Waals surface area (Å²) >= 11 is 0. The van der Waals surface area contributed by atoms with E-state index in [2.05, 4.69) is 10.5 Å². The maximum Gasteiger partial charge on any atom is 0.326 e. The second-order valence-electron chi connectivity index (χ2n) is 5.09. The molecule has 0 saturated carbocycles.